The second-order valence-electron chi connectivity index (χ2n) is 10.2. The lowest BCUT2D eigenvalue weighted by molar-refractivity contribution is -0.143. The molecule has 0 saturated carbocycles. The van der Waals surface area contributed by atoms with Crippen LogP contribution in [0, 0.1) is 18.8 Å². The number of amides is 3. The summed E-state index contributed by atoms with van der Waals surface area (Å²) in [6.45, 7) is 7.16. The number of anilines is 1. The van der Waals surface area contributed by atoms with Crippen molar-refractivity contribution in [1.82, 2.24) is 9.80 Å². The molecule has 3 amide bonds. The van der Waals surface area contributed by atoms with Gasteiger partial charge >= 0.3 is 0 Å². The van der Waals surface area contributed by atoms with Gasteiger partial charge in [-0.05, 0) is 31.9 Å². The SMILES string of the molecule is CCCN1CC=C[C@]2(C)S[C@]34C=CCN(c5c(C)cccc5Cl)C(=O)C3N(CCO)C(=O)[C@@H]4[C@@H]2C1=O. The lowest BCUT2D eigenvalue weighted by Crippen LogP contribution is -2.54. The Bertz CT molecular complexity index is 1150. The summed E-state index contributed by atoms with van der Waals surface area (Å²) in [5, 5.41) is 10.3. The highest BCUT2D eigenvalue weighted by Gasteiger charge is 2.73. The molecule has 4 heterocycles. The van der Waals surface area contributed by atoms with Gasteiger partial charge in [-0.15, -0.1) is 11.8 Å². The number of β-amino-alcohol motifs (C(OH)–C–C–N with tert-alkyl or cyclic N) is 1. The molecule has 4 aliphatic rings. The zero-order valence-electron chi connectivity index (χ0n) is 20.8. The Hall–Kier alpha value is -2.29. The normalized spacial score (nSPS) is 33.5. The molecule has 1 aromatic rings. The minimum Gasteiger partial charge on any atom is -0.395 e. The Morgan fingerprint density at radius 3 is 2.50 bits per heavy atom. The van der Waals surface area contributed by atoms with E-state index in [1.54, 1.807) is 22.7 Å². The molecule has 5 rings (SSSR count). The number of aliphatic hydroxyl groups excluding tert-OH is 1. The molecule has 9 heteroatoms. The molecule has 2 saturated heterocycles. The maximum absolute atomic E-state index is 14.4. The number of rotatable bonds is 5. The second kappa shape index (κ2) is 9.23. The van der Waals surface area contributed by atoms with Gasteiger partial charge in [-0.25, -0.2) is 0 Å². The molecule has 0 aliphatic carbocycles. The van der Waals surface area contributed by atoms with Gasteiger partial charge in [-0.1, -0.05) is 55.0 Å². The smallest absolute Gasteiger partial charge is 0.251 e. The van der Waals surface area contributed by atoms with Crippen molar-refractivity contribution in [2.24, 2.45) is 11.8 Å². The van der Waals surface area contributed by atoms with Crippen LogP contribution in [0.1, 0.15) is 25.8 Å². The highest BCUT2D eigenvalue weighted by molar-refractivity contribution is 8.02. The van der Waals surface area contributed by atoms with E-state index >= 15 is 0 Å². The average molecular weight is 530 g/mol. The van der Waals surface area contributed by atoms with E-state index in [9.17, 15) is 19.5 Å². The molecule has 192 valence electrons. The van der Waals surface area contributed by atoms with Crippen molar-refractivity contribution < 1.29 is 19.5 Å². The Balaban J connectivity index is 1.65. The zero-order valence-corrected chi connectivity index (χ0v) is 22.4. The summed E-state index contributed by atoms with van der Waals surface area (Å²) in [7, 11) is 0. The minimum atomic E-state index is -0.929. The number of halogens is 1. The third-order valence-corrected chi connectivity index (χ3v) is 10.0. The summed E-state index contributed by atoms with van der Waals surface area (Å²) in [5.74, 6) is -1.83. The number of para-hydroxylation sites is 1. The van der Waals surface area contributed by atoms with Crippen LogP contribution in [-0.4, -0.2) is 80.9 Å². The number of carbonyl (C=O) groups excluding carboxylic acids is 3. The number of nitrogens with zero attached hydrogens (tertiary/aromatic N) is 3. The molecule has 36 heavy (non-hydrogen) atoms. The second-order valence-corrected chi connectivity index (χ2v) is 12.4. The highest BCUT2D eigenvalue weighted by atomic mass is 35.5. The Labute approximate surface area is 221 Å². The number of likely N-dealkylation sites (tertiary alicyclic amines) is 1. The van der Waals surface area contributed by atoms with Crippen LogP contribution in [0.15, 0.2) is 42.5 Å². The van der Waals surface area contributed by atoms with Crippen LogP contribution < -0.4 is 4.90 Å². The summed E-state index contributed by atoms with van der Waals surface area (Å²) in [6.07, 6.45) is 8.82. The molecule has 1 spiro atoms. The largest absolute Gasteiger partial charge is 0.395 e. The Morgan fingerprint density at radius 1 is 1.06 bits per heavy atom. The first-order valence-corrected chi connectivity index (χ1v) is 13.7. The number of hydrogen-bond donors (Lipinski definition) is 1. The summed E-state index contributed by atoms with van der Waals surface area (Å²) >= 11 is 8.11. The van der Waals surface area contributed by atoms with Crippen LogP contribution in [0.5, 0.6) is 0 Å². The molecule has 1 N–H and O–H groups in total. The van der Waals surface area contributed by atoms with Crippen molar-refractivity contribution in [2.45, 2.75) is 42.7 Å². The highest BCUT2D eigenvalue weighted by Crippen LogP contribution is 2.65. The van der Waals surface area contributed by atoms with E-state index in [1.165, 1.54) is 4.90 Å². The fraction of sp³-hybridized carbons (Fsp3) is 0.519. The van der Waals surface area contributed by atoms with Gasteiger partial charge in [0.15, 0.2) is 0 Å². The van der Waals surface area contributed by atoms with Crippen molar-refractivity contribution in [1.29, 1.82) is 0 Å². The van der Waals surface area contributed by atoms with Crippen LogP contribution in [0.25, 0.3) is 0 Å². The van der Waals surface area contributed by atoms with Crippen LogP contribution in [0.4, 0.5) is 5.69 Å². The molecule has 4 aliphatic heterocycles. The van der Waals surface area contributed by atoms with Crippen LogP contribution in [-0.2, 0) is 14.4 Å². The third kappa shape index (κ3) is 3.56. The lowest BCUT2D eigenvalue weighted by atomic mass is 9.74. The first-order chi connectivity index (χ1) is 17.2. The van der Waals surface area contributed by atoms with E-state index in [4.69, 9.17) is 11.6 Å². The first-order valence-electron chi connectivity index (χ1n) is 12.5. The van der Waals surface area contributed by atoms with E-state index < -0.39 is 27.4 Å². The van der Waals surface area contributed by atoms with Crippen LogP contribution >= 0.6 is 23.4 Å². The van der Waals surface area contributed by atoms with Gasteiger partial charge in [0.05, 0.1) is 33.9 Å². The number of hydrogen-bond acceptors (Lipinski definition) is 5. The topological polar surface area (TPSA) is 81.2 Å². The Morgan fingerprint density at radius 2 is 1.81 bits per heavy atom. The standard InChI is InChI=1S/C27H32ClN3O4S/c1-4-12-29-13-6-10-26(3)19(23(29)33)20-24(34)31(15-16-32)22-25(35)30(14-7-11-27(20,22)36-26)21-17(2)8-5-9-18(21)28/h5-11,19-20,22,32H,4,12-16H2,1-3H3/t19-,20+,22?,26+,27+/m1/s1. The maximum Gasteiger partial charge on any atom is 0.251 e. The fourth-order valence-corrected chi connectivity index (χ4v) is 9.04. The van der Waals surface area contributed by atoms with Gasteiger partial charge in [-0.3, -0.25) is 14.4 Å². The fourth-order valence-electron chi connectivity index (χ4n) is 6.56. The summed E-state index contributed by atoms with van der Waals surface area (Å²) < 4.78 is -1.56. The molecular weight excluding hydrogens is 498 g/mol. The zero-order chi connectivity index (χ0) is 25.8. The van der Waals surface area contributed by atoms with Gasteiger partial charge in [0.25, 0.3) is 5.91 Å². The van der Waals surface area contributed by atoms with Gasteiger partial charge in [-0.2, -0.15) is 0 Å². The quantitative estimate of drug-likeness (QED) is 0.593. The third-order valence-electron chi connectivity index (χ3n) is 7.93. The maximum atomic E-state index is 14.4. The predicted molar refractivity (Wildman–Crippen MR) is 142 cm³/mol. The minimum absolute atomic E-state index is 0.0311. The van der Waals surface area contributed by atoms with Gasteiger partial charge in [0.2, 0.25) is 11.8 Å². The van der Waals surface area contributed by atoms with Crippen LogP contribution in [0.3, 0.4) is 0 Å². The lowest BCUT2D eigenvalue weighted by Gasteiger charge is -2.37. The summed E-state index contributed by atoms with van der Waals surface area (Å²) in [5.41, 5.74) is 1.48. The number of thioether (sulfide) groups is 1. The van der Waals surface area contributed by atoms with E-state index in [0.29, 0.717) is 30.3 Å². The molecule has 0 radical (unpaired) electrons. The number of fused-ring (bicyclic) bond motifs is 2. The van der Waals surface area contributed by atoms with E-state index in [1.807, 2.05) is 56.0 Å². The first kappa shape index (κ1) is 25.4. The molecular formula is C27H32ClN3O4S. The van der Waals surface area contributed by atoms with Gasteiger partial charge in [0.1, 0.15) is 6.04 Å². The monoisotopic (exact) mass is 529 g/mol. The summed E-state index contributed by atoms with van der Waals surface area (Å²) in [6, 6.07) is 4.65. The predicted octanol–water partition coefficient (Wildman–Crippen LogP) is 3.04. The van der Waals surface area contributed by atoms with Gasteiger partial charge < -0.3 is 19.8 Å². The summed E-state index contributed by atoms with van der Waals surface area (Å²) in [4.78, 5) is 47.3. The number of carbonyl (C=O) groups is 3. The van der Waals surface area contributed by atoms with Crippen molar-refractivity contribution in [2.75, 3.05) is 37.7 Å². The molecule has 5 atom stereocenters. The number of aryl methyl sites for hydroxylation is 1. The van der Waals surface area contributed by atoms with E-state index in [0.717, 1.165) is 12.0 Å². The van der Waals surface area contributed by atoms with Gasteiger partial charge in [0, 0.05) is 30.9 Å². The van der Waals surface area contributed by atoms with Crippen molar-refractivity contribution in [3.8, 4) is 0 Å². The van der Waals surface area contributed by atoms with Crippen molar-refractivity contribution in [3.05, 3.63) is 53.1 Å². The Kier molecular flexibility index (Phi) is 6.50. The molecule has 0 bridgehead atoms. The molecule has 0 aromatic heterocycles. The van der Waals surface area contributed by atoms with E-state index in [-0.39, 0.29) is 30.9 Å². The average Bonchev–Trinajstić information content (AvgIpc) is 3.09. The van der Waals surface area contributed by atoms with Crippen molar-refractivity contribution >= 4 is 46.8 Å². The molecule has 7 nitrogen and oxygen atoms in total. The van der Waals surface area contributed by atoms with Crippen LogP contribution in [0.2, 0.25) is 5.02 Å². The molecule has 2 fully saturated rings. The van der Waals surface area contributed by atoms with Crippen molar-refractivity contribution in [3.63, 3.8) is 0 Å². The number of benzene rings is 1. The van der Waals surface area contributed by atoms with E-state index in [2.05, 4.69) is 6.08 Å². The molecule has 1 aromatic carbocycles. The number of aliphatic hydroxyl groups is 1. The molecule has 1 unspecified atom stereocenters.